The Morgan fingerprint density at radius 3 is 2.48 bits per heavy atom. The summed E-state index contributed by atoms with van der Waals surface area (Å²) in [6, 6.07) is 9.91. The SMILES string of the molecule is CC(NC(=O)c1ccncc1Cl)(C(=O)O)c1ccccc1. The van der Waals surface area contributed by atoms with Gasteiger partial charge in [-0.1, -0.05) is 41.9 Å². The van der Waals surface area contributed by atoms with Gasteiger partial charge in [-0.05, 0) is 18.6 Å². The van der Waals surface area contributed by atoms with Crippen molar-refractivity contribution in [3.05, 3.63) is 64.9 Å². The summed E-state index contributed by atoms with van der Waals surface area (Å²) in [5.74, 6) is -1.73. The maximum absolute atomic E-state index is 12.3. The predicted octanol–water partition coefficient (Wildman–Crippen LogP) is 2.46. The highest BCUT2D eigenvalue weighted by Gasteiger charge is 2.37. The summed E-state index contributed by atoms with van der Waals surface area (Å²) in [5.41, 5.74) is -0.906. The maximum atomic E-state index is 12.3. The van der Waals surface area contributed by atoms with E-state index in [0.717, 1.165) is 0 Å². The van der Waals surface area contributed by atoms with Gasteiger partial charge in [-0.25, -0.2) is 4.79 Å². The molecule has 1 aromatic carbocycles. The van der Waals surface area contributed by atoms with Gasteiger partial charge in [-0.15, -0.1) is 0 Å². The first-order valence-electron chi connectivity index (χ1n) is 6.16. The summed E-state index contributed by atoms with van der Waals surface area (Å²) < 4.78 is 0. The molecule has 0 saturated carbocycles. The van der Waals surface area contributed by atoms with Crippen LogP contribution >= 0.6 is 11.6 Å². The standard InChI is InChI=1S/C15H13ClN2O3/c1-15(14(20)21,10-5-3-2-4-6-10)18-13(19)11-7-8-17-9-12(11)16/h2-9H,1H3,(H,18,19)(H,20,21). The van der Waals surface area contributed by atoms with Crippen LogP contribution in [0.5, 0.6) is 0 Å². The van der Waals surface area contributed by atoms with E-state index in [1.165, 1.54) is 25.4 Å². The Balaban J connectivity index is 2.36. The van der Waals surface area contributed by atoms with Crippen molar-refractivity contribution >= 4 is 23.5 Å². The Morgan fingerprint density at radius 2 is 1.90 bits per heavy atom. The van der Waals surface area contributed by atoms with Crippen molar-refractivity contribution in [3.8, 4) is 0 Å². The molecular formula is C15H13ClN2O3. The molecule has 1 amide bonds. The molecular weight excluding hydrogens is 292 g/mol. The smallest absolute Gasteiger partial charge is 0.333 e. The number of nitrogens with one attached hydrogen (secondary N) is 1. The summed E-state index contributed by atoms with van der Waals surface area (Å²) in [6.07, 6.45) is 2.75. The third-order valence-corrected chi connectivity index (χ3v) is 3.46. The zero-order valence-corrected chi connectivity index (χ0v) is 12.0. The Labute approximate surface area is 126 Å². The molecule has 6 heteroatoms. The zero-order chi connectivity index (χ0) is 15.5. The lowest BCUT2D eigenvalue weighted by atomic mass is 9.91. The molecule has 0 aliphatic heterocycles. The first kappa shape index (κ1) is 15.0. The summed E-state index contributed by atoms with van der Waals surface area (Å²) in [5, 5.41) is 12.2. The highest BCUT2D eigenvalue weighted by Crippen LogP contribution is 2.23. The molecule has 1 unspecified atom stereocenters. The van der Waals surface area contributed by atoms with Crippen molar-refractivity contribution in [1.29, 1.82) is 0 Å². The van der Waals surface area contributed by atoms with Crippen molar-refractivity contribution < 1.29 is 14.7 Å². The molecule has 0 bridgehead atoms. The van der Waals surface area contributed by atoms with E-state index < -0.39 is 17.4 Å². The van der Waals surface area contributed by atoms with Gasteiger partial charge in [0.15, 0.2) is 5.54 Å². The molecule has 0 aliphatic carbocycles. The van der Waals surface area contributed by atoms with Gasteiger partial charge in [0.05, 0.1) is 10.6 Å². The summed E-state index contributed by atoms with van der Waals surface area (Å²) in [6.45, 7) is 1.43. The predicted molar refractivity (Wildman–Crippen MR) is 78.1 cm³/mol. The summed E-state index contributed by atoms with van der Waals surface area (Å²) in [7, 11) is 0. The van der Waals surface area contributed by atoms with E-state index in [0.29, 0.717) is 5.56 Å². The Kier molecular flexibility index (Phi) is 4.23. The minimum absolute atomic E-state index is 0.163. The fraction of sp³-hybridized carbons (Fsp3) is 0.133. The molecule has 0 aliphatic rings. The van der Waals surface area contributed by atoms with Gasteiger partial charge in [-0.2, -0.15) is 0 Å². The molecule has 5 nitrogen and oxygen atoms in total. The van der Waals surface area contributed by atoms with Crippen LogP contribution in [0.15, 0.2) is 48.8 Å². The minimum Gasteiger partial charge on any atom is -0.479 e. The highest BCUT2D eigenvalue weighted by molar-refractivity contribution is 6.33. The van der Waals surface area contributed by atoms with Crippen LogP contribution in [0.3, 0.4) is 0 Å². The lowest BCUT2D eigenvalue weighted by Crippen LogP contribution is -2.49. The number of rotatable bonds is 4. The van der Waals surface area contributed by atoms with E-state index in [1.54, 1.807) is 30.3 Å². The average molecular weight is 305 g/mol. The van der Waals surface area contributed by atoms with Gasteiger partial charge in [0.25, 0.3) is 5.91 Å². The summed E-state index contributed by atoms with van der Waals surface area (Å²) >= 11 is 5.90. The van der Waals surface area contributed by atoms with Gasteiger partial charge in [0, 0.05) is 12.4 Å². The van der Waals surface area contributed by atoms with Gasteiger partial charge in [0.1, 0.15) is 0 Å². The van der Waals surface area contributed by atoms with Crippen LogP contribution in [0.2, 0.25) is 5.02 Å². The number of benzene rings is 1. The quantitative estimate of drug-likeness (QED) is 0.909. The minimum atomic E-state index is -1.55. The van der Waals surface area contributed by atoms with Crippen LogP contribution < -0.4 is 5.32 Å². The molecule has 1 aromatic heterocycles. The molecule has 2 aromatic rings. The fourth-order valence-electron chi connectivity index (χ4n) is 1.87. The van der Waals surface area contributed by atoms with E-state index in [4.69, 9.17) is 11.6 Å². The van der Waals surface area contributed by atoms with Crippen molar-refractivity contribution in [3.63, 3.8) is 0 Å². The van der Waals surface area contributed by atoms with Crippen molar-refractivity contribution in [2.75, 3.05) is 0 Å². The van der Waals surface area contributed by atoms with Crippen LogP contribution in [0.25, 0.3) is 0 Å². The van der Waals surface area contributed by atoms with E-state index in [-0.39, 0.29) is 10.6 Å². The van der Waals surface area contributed by atoms with E-state index in [9.17, 15) is 14.7 Å². The van der Waals surface area contributed by atoms with Crippen LogP contribution in [-0.4, -0.2) is 22.0 Å². The number of carboxylic acid groups (broad SMARTS) is 1. The Bertz CT molecular complexity index is 676. The third-order valence-electron chi connectivity index (χ3n) is 3.16. The second-order valence-electron chi connectivity index (χ2n) is 4.61. The molecule has 21 heavy (non-hydrogen) atoms. The number of amides is 1. The van der Waals surface area contributed by atoms with Crippen molar-refractivity contribution in [1.82, 2.24) is 10.3 Å². The lowest BCUT2D eigenvalue weighted by molar-refractivity contribution is -0.144. The number of hydrogen-bond donors (Lipinski definition) is 2. The number of aromatic nitrogens is 1. The third kappa shape index (κ3) is 3.03. The van der Waals surface area contributed by atoms with E-state index >= 15 is 0 Å². The number of pyridine rings is 1. The lowest BCUT2D eigenvalue weighted by Gasteiger charge is -2.27. The maximum Gasteiger partial charge on any atom is 0.333 e. The molecule has 0 radical (unpaired) electrons. The van der Waals surface area contributed by atoms with Crippen LogP contribution in [0.4, 0.5) is 0 Å². The Hall–Kier alpha value is -2.40. The normalized spacial score (nSPS) is 13.2. The topological polar surface area (TPSA) is 79.3 Å². The molecule has 0 spiro atoms. The number of aliphatic carboxylic acids is 1. The van der Waals surface area contributed by atoms with Crippen LogP contribution in [0.1, 0.15) is 22.8 Å². The molecule has 2 N–H and O–H groups in total. The zero-order valence-electron chi connectivity index (χ0n) is 11.2. The fourth-order valence-corrected chi connectivity index (χ4v) is 2.08. The number of carbonyl (C=O) groups excluding carboxylic acids is 1. The van der Waals surface area contributed by atoms with Gasteiger partial charge in [-0.3, -0.25) is 9.78 Å². The molecule has 1 heterocycles. The molecule has 1 atom stereocenters. The second-order valence-corrected chi connectivity index (χ2v) is 5.01. The average Bonchev–Trinajstić information content (AvgIpc) is 2.48. The van der Waals surface area contributed by atoms with Crippen LogP contribution in [-0.2, 0) is 10.3 Å². The largest absolute Gasteiger partial charge is 0.479 e. The van der Waals surface area contributed by atoms with Gasteiger partial charge < -0.3 is 10.4 Å². The van der Waals surface area contributed by atoms with Crippen LogP contribution in [0, 0.1) is 0 Å². The highest BCUT2D eigenvalue weighted by atomic mass is 35.5. The number of nitrogens with zero attached hydrogens (tertiary/aromatic N) is 1. The monoisotopic (exact) mass is 304 g/mol. The number of carboxylic acids is 1. The first-order valence-corrected chi connectivity index (χ1v) is 6.54. The number of halogens is 1. The molecule has 2 rings (SSSR count). The van der Waals surface area contributed by atoms with Gasteiger partial charge in [0.2, 0.25) is 0 Å². The van der Waals surface area contributed by atoms with E-state index in [2.05, 4.69) is 10.3 Å². The summed E-state index contributed by atoms with van der Waals surface area (Å²) in [4.78, 5) is 27.7. The second kappa shape index (κ2) is 5.93. The first-order chi connectivity index (χ1) is 9.95. The Morgan fingerprint density at radius 1 is 1.24 bits per heavy atom. The van der Waals surface area contributed by atoms with Crippen molar-refractivity contribution in [2.24, 2.45) is 0 Å². The molecule has 0 saturated heterocycles. The van der Waals surface area contributed by atoms with Crippen molar-refractivity contribution in [2.45, 2.75) is 12.5 Å². The number of carbonyl (C=O) groups is 2. The molecule has 108 valence electrons. The molecule has 0 fully saturated rings. The van der Waals surface area contributed by atoms with E-state index in [1.807, 2.05) is 0 Å². The van der Waals surface area contributed by atoms with Gasteiger partial charge >= 0.3 is 5.97 Å². The number of hydrogen-bond acceptors (Lipinski definition) is 3.